The zero-order valence-electron chi connectivity index (χ0n) is 62.5. The van der Waals surface area contributed by atoms with E-state index in [9.17, 15) is 41.7 Å². The first-order chi connectivity index (χ1) is 48.2. The molecule has 0 bridgehead atoms. The molecule has 0 aliphatic carbocycles. The Morgan fingerprint density at radius 2 is 0.471 bits per heavy atom. The summed E-state index contributed by atoms with van der Waals surface area (Å²) >= 11 is 13.2. The molecule has 552 valence electrons. The molecule has 6 aliphatic rings. The van der Waals surface area contributed by atoms with Crippen molar-refractivity contribution in [1.29, 1.82) is 0 Å². The molecule has 102 heavy (non-hydrogen) atoms. The predicted molar refractivity (Wildman–Crippen MR) is 427 cm³/mol. The van der Waals surface area contributed by atoms with Crippen molar-refractivity contribution in [2.45, 2.75) is 303 Å². The third kappa shape index (κ3) is 15.0. The van der Waals surface area contributed by atoms with Gasteiger partial charge in [0, 0.05) is 40.4 Å². The number of nitrogens with zero attached hydrogens (tertiary/aromatic N) is 8. The molecule has 0 spiro atoms. The maximum absolute atomic E-state index is 14.4. The van der Waals surface area contributed by atoms with Crippen LogP contribution in [0.4, 0.5) is 0 Å². The molecule has 0 fully saturated rings. The fourth-order valence-corrected chi connectivity index (χ4v) is 25.8. The molecule has 4 radical (unpaired) electrons. The van der Waals surface area contributed by atoms with Crippen LogP contribution in [0.1, 0.15) is 261 Å². The summed E-state index contributed by atoms with van der Waals surface area (Å²) in [5.74, 6) is 0.468. The zero-order valence-corrected chi connectivity index (χ0v) is 69.0. The van der Waals surface area contributed by atoms with Crippen molar-refractivity contribution in [3.63, 3.8) is 0 Å². The Bertz CT molecular complexity index is 3440. The molecule has 4 unspecified atom stereocenters. The van der Waals surface area contributed by atoms with Gasteiger partial charge >= 0.3 is 23.3 Å². The van der Waals surface area contributed by atoms with E-state index in [0.717, 1.165) is 187 Å². The fraction of sp³-hybridized carbons (Fsp3) is 0.564. The molecular formula is C78H104N8O8S8. The Hall–Kier alpha value is -4.18. The van der Waals surface area contributed by atoms with Crippen LogP contribution in [-0.2, 0) is 20.8 Å². The average Bonchev–Trinajstić information content (AvgIpc) is 1.59. The van der Waals surface area contributed by atoms with Crippen LogP contribution in [0.2, 0.25) is 0 Å². The third-order valence-corrected chi connectivity index (χ3v) is 34.5. The average molecular weight is 1540 g/mol. The Morgan fingerprint density at radius 3 is 0.637 bits per heavy atom. The van der Waals surface area contributed by atoms with Crippen molar-refractivity contribution in [1.82, 2.24) is 20.3 Å². The summed E-state index contributed by atoms with van der Waals surface area (Å²) in [6, 6.07) is 30.8. The summed E-state index contributed by atoms with van der Waals surface area (Å²) in [6.45, 7) is 31.3. The van der Waals surface area contributed by atoms with Gasteiger partial charge in [-0.1, -0.05) is 219 Å². The van der Waals surface area contributed by atoms with Crippen molar-refractivity contribution in [2.75, 3.05) is 0 Å². The van der Waals surface area contributed by atoms with Crippen LogP contribution >= 0.6 is 94.1 Å². The van der Waals surface area contributed by atoms with Crippen LogP contribution in [0.15, 0.2) is 142 Å². The minimum absolute atomic E-state index is 0.117. The lowest BCUT2D eigenvalue weighted by Gasteiger charge is -2.36. The molecule has 24 heteroatoms. The lowest BCUT2D eigenvalue weighted by molar-refractivity contribution is -0.546. The molecule has 0 saturated carbocycles. The second-order valence-electron chi connectivity index (χ2n) is 30.9. The van der Waals surface area contributed by atoms with Crippen molar-refractivity contribution in [3.05, 3.63) is 166 Å². The number of amidine groups is 4. The first-order valence-electron chi connectivity index (χ1n) is 36.6. The molecule has 0 saturated heterocycles. The van der Waals surface area contributed by atoms with Gasteiger partial charge in [0.25, 0.3) is 0 Å². The topological polar surface area (TPSA) is 197 Å². The van der Waals surface area contributed by atoms with E-state index in [1.54, 1.807) is 94.1 Å². The van der Waals surface area contributed by atoms with Gasteiger partial charge in [-0.15, -0.1) is 0 Å². The zero-order chi connectivity index (χ0) is 74.1. The van der Waals surface area contributed by atoms with E-state index in [4.69, 9.17) is 0 Å². The van der Waals surface area contributed by atoms with Crippen LogP contribution in [0.3, 0.4) is 0 Å². The highest BCUT2D eigenvalue weighted by molar-refractivity contribution is 8.45. The summed E-state index contributed by atoms with van der Waals surface area (Å²) in [4.78, 5) is 3.66. The van der Waals surface area contributed by atoms with Crippen molar-refractivity contribution in [3.8, 4) is 0 Å². The van der Waals surface area contributed by atoms with E-state index in [1.807, 2.05) is 180 Å². The molecule has 10 rings (SSSR count). The summed E-state index contributed by atoms with van der Waals surface area (Å²) in [7, 11) is 0. The monoisotopic (exact) mass is 1540 g/mol. The van der Waals surface area contributed by atoms with Gasteiger partial charge in [0.2, 0.25) is 0 Å². The summed E-state index contributed by atoms with van der Waals surface area (Å²) in [5, 5.41) is 118. The number of benzene rings is 4. The normalized spacial score (nSPS) is 24.7. The molecule has 4 aromatic rings. The number of hydroxylamine groups is 12. The van der Waals surface area contributed by atoms with Crippen molar-refractivity contribution < 1.29 is 39.8 Å². The van der Waals surface area contributed by atoms with E-state index in [-0.39, 0.29) is 23.3 Å². The molecule has 16 nitrogen and oxygen atoms in total. The quantitative estimate of drug-likeness (QED) is 0.0254. The highest BCUT2D eigenvalue weighted by Crippen LogP contribution is 2.68. The second kappa shape index (κ2) is 32.3. The van der Waals surface area contributed by atoms with Gasteiger partial charge < -0.3 is 20.8 Å². The van der Waals surface area contributed by atoms with Crippen LogP contribution in [-0.4, -0.2) is 107 Å². The highest BCUT2D eigenvalue weighted by atomic mass is 32.3. The van der Waals surface area contributed by atoms with Gasteiger partial charge in [-0.3, -0.25) is 19.0 Å². The Kier molecular flexibility index (Phi) is 25.5. The van der Waals surface area contributed by atoms with Gasteiger partial charge in [-0.05, 0) is 232 Å². The van der Waals surface area contributed by atoms with E-state index in [2.05, 4.69) is 27.7 Å². The highest BCUT2D eigenvalue weighted by Gasteiger charge is 2.65. The number of hydrogen-bond acceptors (Lipinski definition) is 16. The smallest absolute Gasteiger partial charge is 0.316 e. The minimum atomic E-state index is -0.964. The maximum Gasteiger partial charge on any atom is 0.316 e. The lowest BCUT2D eigenvalue weighted by atomic mass is 9.78. The Labute approximate surface area is 641 Å². The maximum atomic E-state index is 14.4. The Morgan fingerprint density at radius 1 is 0.294 bits per heavy atom. The number of rotatable bonds is 32. The van der Waals surface area contributed by atoms with E-state index in [0.29, 0.717) is 47.9 Å². The van der Waals surface area contributed by atoms with Gasteiger partial charge in [-0.25, -0.2) is 0 Å². The second-order valence-corrected chi connectivity index (χ2v) is 40.8. The van der Waals surface area contributed by atoms with Gasteiger partial charge in [0.05, 0.1) is 47.7 Å². The number of unbranched alkanes of at least 4 members (excludes halogenated alkanes) is 12. The molecule has 4 aromatic carbocycles. The van der Waals surface area contributed by atoms with Crippen molar-refractivity contribution in [2.24, 2.45) is 0 Å². The van der Waals surface area contributed by atoms with E-state index >= 15 is 0 Å². The predicted octanol–water partition coefficient (Wildman–Crippen LogP) is 22.2. The van der Waals surface area contributed by atoms with E-state index < -0.39 is 44.3 Å². The first kappa shape index (κ1) is 80.4. The first-order valence-corrected chi connectivity index (χ1v) is 43.1. The fourth-order valence-electron chi connectivity index (χ4n) is 14.4. The molecule has 4 atom stereocenters. The lowest BCUT2D eigenvalue weighted by Crippen LogP contribution is -2.55. The SMILES string of the molecule is CCCCCCC1(C)[N+]([O-])=C(c2ccc(SC3=C(Sc4ccc(C5=[N+]([O-])C(C)(CCCCCC)C(C)(C)N5[O])cc4)SC(=C4SC(Sc5ccc(C6=[N+]([O-])C(C)(CCCCCC)C(C)(C)N6[O])cc5)=C(Sc5ccc(C6=[N+]([O-])C(C)(CCCCCC)C(C)(C)N6[O])cc5)S4)S3)cc2)N([O])C1(C)C. The summed E-state index contributed by atoms with van der Waals surface area (Å²) in [5.41, 5.74) is -5.31. The number of hydrogen-bond donors (Lipinski definition) is 0. The molecule has 6 heterocycles. The minimum Gasteiger partial charge on any atom is -0.714 e. The van der Waals surface area contributed by atoms with Crippen LogP contribution < -0.4 is 0 Å². The third-order valence-electron chi connectivity index (χ3n) is 23.2. The van der Waals surface area contributed by atoms with Gasteiger partial charge in [0.15, 0.2) is 44.3 Å². The largest absolute Gasteiger partial charge is 0.714 e. The molecular weight excluding hydrogens is 1430 g/mol. The van der Waals surface area contributed by atoms with Gasteiger partial charge in [0.1, 0.15) is 0 Å². The Balaban J connectivity index is 0.986. The molecule has 0 amide bonds. The summed E-state index contributed by atoms with van der Waals surface area (Å²) in [6.07, 6.45) is 18.4. The summed E-state index contributed by atoms with van der Waals surface area (Å²) < 4.78 is 10.1. The van der Waals surface area contributed by atoms with Crippen LogP contribution in [0.25, 0.3) is 0 Å². The molecule has 0 aromatic heterocycles. The molecule has 0 N–H and O–H groups in total. The van der Waals surface area contributed by atoms with Crippen LogP contribution in [0.5, 0.6) is 0 Å². The van der Waals surface area contributed by atoms with E-state index in [1.165, 1.54) is 0 Å². The van der Waals surface area contributed by atoms with Crippen LogP contribution in [0, 0.1) is 20.8 Å². The standard InChI is InChI=1S/C78H104N8O8S8/c1-17-21-25-29-49-75(13)71(5,6)79(87)61(83(75)91)53-33-41-57(42-34-53)95-65-66(96-58-43-35-54(36-44-58)62-80(88)72(7,8)76(14,84(62)92)50-30-26-22-18-2)100-69(99-65)70-101-67(97-59-45-37-55(38-46-59)63-81(89)73(9,10)77(15,85(63)93)51-31-27-23-19-3)68(102-70)98-60-47-39-56(40-48-60)64-82(90)74(11,12)78(16,86(64)94)52-32-28-24-20-4/h33-48H,17-32,49-52H2,1-16H3. The number of thioether (sulfide) groups is 8. The van der Waals surface area contributed by atoms with Gasteiger partial charge in [-0.2, -0.15) is 0 Å². The van der Waals surface area contributed by atoms with Crippen molar-refractivity contribution >= 4 is 117 Å². The molecule has 6 aliphatic heterocycles.